The van der Waals surface area contributed by atoms with Gasteiger partial charge in [-0.3, -0.25) is 20.2 Å². The maximum Gasteiger partial charge on any atom is 0.335 e. The Bertz CT molecular complexity index is 1240. The second-order valence-electron chi connectivity index (χ2n) is 6.43. The van der Waals surface area contributed by atoms with Gasteiger partial charge in [0.25, 0.3) is 10.0 Å². The van der Waals surface area contributed by atoms with Gasteiger partial charge in [0, 0.05) is 11.8 Å². The van der Waals surface area contributed by atoms with Crippen molar-refractivity contribution in [3.05, 3.63) is 47.9 Å². The van der Waals surface area contributed by atoms with Gasteiger partial charge in [0.05, 0.1) is 38.8 Å². The number of sulfonamides is 1. The molecule has 0 radical (unpaired) electrons. The molecule has 180 valence electrons. The molecule has 15 heteroatoms. The summed E-state index contributed by atoms with van der Waals surface area (Å²) in [5.74, 6) is -2.06. The summed E-state index contributed by atoms with van der Waals surface area (Å²) in [5, 5.41) is 7.72. The van der Waals surface area contributed by atoms with Crippen molar-refractivity contribution in [2.45, 2.75) is 17.9 Å². The van der Waals surface area contributed by atoms with Gasteiger partial charge in [-0.25, -0.2) is 9.52 Å². The molecule has 0 saturated carbocycles. The lowest BCUT2D eigenvalue weighted by Gasteiger charge is -2.15. The SMILES string of the molecule is CCOC(=O)C(c1ccccn1)c1cn[nH]c1S(=O)(=O)NC(=O)Nc1nc(OC)cc(OC)n1. The van der Waals surface area contributed by atoms with Gasteiger partial charge in [0.2, 0.25) is 17.7 Å². The van der Waals surface area contributed by atoms with Crippen molar-refractivity contribution in [1.82, 2.24) is 29.9 Å². The second-order valence-corrected chi connectivity index (χ2v) is 8.05. The summed E-state index contributed by atoms with van der Waals surface area (Å²) in [7, 11) is -1.84. The van der Waals surface area contributed by atoms with Crippen LogP contribution in [0.25, 0.3) is 0 Å². The van der Waals surface area contributed by atoms with Crippen molar-refractivity contribution in [3.63, 3.8) is 0 Å². The number of carbonyl (C=O) groups excluding carboxylic acids is 2. The predicted octanol–water partition coefficient (Wildman–Crippen LogP) is 0.817. The number of anilines is 1. The lowest BCUT2D eigenvalue weighted by atomic mass is 9.98. The van der Waals surface area contributed by atoms with Crippen LogP contribution in [0.1, 0.15) is 24.1 Å². The number of hydrogen-bond acceptors (Lipinski definition) is 11. The minimum Gasteiger partial charge on any atom is -0.481 e. The second kappa shape index (κ2) is 10.6. The Balaban J connectivity index is 1.89. The Labute approximate surface area is 194 Å². The number of aromatic nitrogens is 5. The third-order valence-corrected chi connectivity index (χ3v) is 5.59. The van der Waals surface area contributed by atoms with Crippen LogP contribution in [0.4, 0.5) is 10.7 Å². The van der Waals surface area contributed by atoms with Crippen LogP contribution in [0, 0.1) is 0 Å². The minimum absolute atomic E-state index is 0.0586. The van der Waals surface area contributed by atoms with E-state index in [1.54, 1.807) is 25.1 Å². The minimum atomic E-state index is -4.53. The molecule has 3 rings (SSSR count). The molecule has 3 aromatic rings. The first kappa shape index (κ1) is 24.4. The molecule has 3 N–H and O–H groups in total. The van der Waals surface area contributed by atoms with Crippen LogP contribution in [0.15, 0.2) is 41.7 Å². The van der Waals surface area contributed by atoms with Gasteiger partial charge in [-0.1, -0.05) is 6.07 Å². The fourth-order valence-electron chi connectivity index (χ4n) is 2.85. The number of amides is 2. The number of hydrogen-bond donors (Lipinski definition) is 3. The zero-order chi connectivity index (χ0) is 24.7. The highest BCUT2D eigenvalue weighted by Gasteiger charge is 2.34. The van der Waals surface area contributed by atoms with Crippen LogP contribution >= 0.6 is 0 Å². The number of nitrogens with zero attached hydrogens (tertiary/aromatic N) is 4. The van der Waals surface area contributed by atoms with Crippen molar-refractivity contribution < 1.29 is 32.2 Å². The third kappa shape index (κ3) is 5.55. The van der Waals surface area contributed by atoms with E-state index in [2.05, 4.69) is 30.5 Å². The van der Waals surface area contributed by atoms with E-state index in [4.69, 9.17) is 14.2 Å². The highest BCUT2D eigenvalue weighted by Crippen LogP contribution is 2.29. The van der Waals surface area contributed by atoms with E-state index in [0.717, 1.165) is 6.20 Å². The molecule has 2 amide bonds. The molecular formula is C19H21N7O7S. The number of pyridine rings is 1. The molecule has 0 aliphatic heterocycles. The van der Waals surface area contributed by atoms with Crippen LogP contribution < -0.4 is 19.5 Å². The molecule has 0 fully saturated rings. The molecule has 14 nitrogen and oxygen atoms in total. The summed E-state index contributed by atoms with van der Waals surface area (Å²) in [6.07, 6.45) is 2.60. The first-order valence-electron chi connectivity index (χ1n) is 9.70. The molecule has 0 aromatic carbocycles. The molecule has 0 aliphatic rings. The van der Waals surface area contributed by atoms with Crippen molar-refractivity contribution >= 4 is 28.0 Å². The molecule has 1 unspecified atom stereocenters. The van der Waals surface area contributed by atoms with E-state index in [0.29, 0.717) is 0 Å². The summed E-state index contributed by atoms with van der Waals surface area (Å²) in [5.41, 5.74) is 0.178. The quantitative estimate of drug-likeness (QED) is 0.359. The van der Waals surface area contributed by atoms with Crippen molar-refractivity contribution in [2.75, 3.05) is 26.1 Å². The van der Waals surface area contributed by atoms with Crippen LogP contribution in [0.2, 0.25) is 0 Å². The number of carbonyl (C=O) groups is 2. The first-order chi connectivity index (χ1) is 16.3. The van der Waals surface area contributed by atoms with Gasteiger partial charge in [-0.2, -0.15) is 23.5 Å². The van der Waals surface area contributed by atoms with Crippen LogP contribution in [0.5, 0.6) is 11.8 Å². The number of aromatic amines is 1. The molecule has 34 heavy (non-hydrogen) atoms. The van der Waals surface area contributed by atoms with Crippen LogP contribution in [0.3, 0.4) is 0 Å². The average Bonchev–Trinajstić information content (AvgIpc) is 3.30. The topological polar surface area (TPSA) is 187 Å². The molecular weight excluding hydrogens is 470 g/mol. The summed E-state index contributed by atoms with van der Waals surface area (Å²) in [6.45, 7) is 1.68. The van der Waals surface area contributed by atoms with Crippen LogP contribution in [-0.4, -0.2) is 66.4 Å². The van der Waals surface area contributed by atoms with E-state index >= 15 is 0 Å². The maximum atomic E-state index is 13.0. The Morgan fingerprint density at radius 3 is 2.44 bits per heavy atom. The summed E-state index contributed by atoms with van der Waals surface area (Å²) in [6, 6.07) is 5.00. The summed E-state index contributed by atoms with van der Waals surface area (Å²) >= 11 is 0. The Morgan fingerprint density at radius 1 is 1.15 bits per heavy atom. The highest BCUT2D eigenvalue weighted by atomic mass is 32.2. The Kier molecular flexibility index (Phi) is 7.57. The van der Waals surface area contributed by atoms with Crippen molar-refractivity contribution in [2.24, 2.45) is 0 Å². The molecule has 3 heterocycles. The number of rotatable bonds is 9. The number of H-pyrrole nitrogens is 1. The molecule has 1 atom stereocenters. The van der Waals surface area contributed by atoms with Gasteiger partial charge in [-0.05, 0) is 19.1 Å². The number of esters is 1. The van der Waals surface area contributed by atoms with Gasteiger partial charge < -0.3 is 14.2 Å². The van der Waals surface area contributed by atoms with Crippen molar-refractivity contribution in [1.29, 1.82) is 0 Å². The summed E-state index contributed by atoms with van der Waals surface area (Å²) in [4.78, 5) is 37.0. The number of methoxy groups -OCH3 is 2. The van der Waals surface area contributed by atoms with Gasteiger partial charge >= 0.3 is 12.0 Å². The molecule has 0 aliphatic carbocycles. The average molecular weight is 491 g/mol. The standard InChI is InChI=1S/C19H21N7O7S/c1-4-33-17(27)15(12-7-5-6-8-20-12)11-10-21-25-16(11)34(29,30)26-19(28)24-18-22-13(31-2)9-14(23-18)32-3/h5-10,15H,4H2,1-3H3,(H,21,25)(H2,22,23,24,26,28). The lowest BCUT2D eigenvalue weighted by Crippen LogP contribution is -2.36. The van der Waals surface area contributed by atoms with Gasteiger partial charge in [0.15, 0.2) is 5.03 Å². The molecule has 3 aromatic heterocycles. The lowest BCUT2D eigenvalue weighted by molar-refractivity contribution is -0.144. The molecule has 0 spiro atoms. The zero-order valence-corrected chi connectivity index (χ0v) is 19.1. The largest absolute Gasteiger partial charge is 0.481 e. The predicted molar refractivity (Wildman–Crippen MR) is 116 cm³/mol. The van der Waals surface area contributed by atoms with E-state index in [1.165, 1.54) is 26.5 Å². The van der Waals surface area contributed by atoms with E-state index in [-0.39, 0.29) is 35.6 Å². The monoisotopic (exact) mass is 491 g/mol. The third-order valence-electron chi connectivity index (χ3n) is 4.27. The van der Waals surface area contributed by atoms with Gasteiger partial charge in [-0.15, -0.1) is 0 Å². The first-order valence-corrected chi connectivity index (χ1v) is 11.2. The Morgan fingerprint density at radius 2 is 1.85 bits per heavy atom. The van der Waals surface area contributed by atoms with Crippen LogP contribution in [-0.2, 0) is 19.6 Å². The fraction of sp³-hybridized carbons (Fsp3) is 0.263. The number of ether oxygens (including phenoxy) is 3. The smallest absolute Gasteiger partial charge is 0.335 e. The Hall–Kier alpha value is -4.27. The maximum absolute atomic E-state index is 13.0. The van der Waals surface area contributed by atoms with E-state index in [9.17, 15) is 18.0 Å². The molecule has 0 bridgehead atoms. The summed E-state index contributed by atoms with van der Waals surface area (Å²) < 4.78 is 42.8. The van der Waals surface area contributed by atoms with Gasteiger partial charge in [0.1, 0.15) is 5.92 Å². The van der Waals surface area contributed by atoms with E-state index < -0.39 is 33.0 Å². The zero-order valence-electron chi connectivity index (χ0n) is 18.3. The molecule has 0 saturated heterocycles. The van der Waals surface area contributed by atoms with Crippen molar-refractivity contribution in [3.8, 4) is 11.8 Å². The number of nitrogens with one attached hydrogen (secondary N) is 3. The fourth-order valence-corrected chi connectivity index (χ4v) is 3.90. The van der Waals surface area contributed by atoms with E-state index in [1.807, 2.05) is 4.72 Å². The number of urea groups is 1. The normalized spacial score (nSPS) is 11.9. The highest BCUT2D eigenvalue weighted by molar-refractivity contribution is 7.90.